The summed E-state index contributed by atoms with van der Waals surface area (Å²) in [5, 5.41) is 14.0. The van der Waals surface area contributed by atoms with Crippen molar-refractivity contribution in [1.29, 1.82) is 0 Å². The van der Waals surface area contributed by atoms with Gasteiger partial charge in [0.15, 0.2) is 0 Å². The maximum atomic E-state index is 9.66. The summed E-state index contributed by atoms with van der Waals surface area (Å²) in [6.07, 6.45) is 6.12. The molecule has 1 aliphatic rings. The molecule has 0 bridgehead atoms. The monoisotopic (exact) mass is 210 g/mol. The van der Waals surface area contributed by atoms with Gasteiger partial charge in [-0.05, 0) is 19.3 Å². The lowest BCUT2D eigenvalue weighted by Crippen LogP contribution is -2.19. The SMILES string of the molecule is CCC(O)c1cnn(C2CCOCC2)c1. The van der Waals surface area contributed by atoms with Gasteiger partial charge in [0.1, 0.15) is 0 Å². The van der Waals surface area contributed by atoms with Crippen LogP contribution in [0.1, 0.15) is 43.9 Å². The van der Waals surface area contributed by atoms with E-state index >= 15 is 0 Å². The number of aromatic nitrogens is 2. The summed E-state index contributed by atoms with van der Waals surface area (Å²) in [5.74, 6) is 0. The van der Waals surface area contributed by atoms with E-state index in [1.54, 1.807) is 6.20 Å². The van der Waals surface area contributed by atoms with Crippen LogP contribution >= 0.6 is 0 Å². The molecule has 0 amide bonds. The number of aliphatic hydroxyl groups excluding tert-OH is 1. The van der Waals surface area contributed by atoms with Crippen LogP contribution in [-0.2, 0) is 4.74 Å². The van der Waals surface area contributed by atoms with Crippen molar-refractivity contribution in [3.63, 3.8) is 0 Å². The zero-order valence-corrected chi connectivity index (χ0v) is 9.09. The van der Waals surface area contributed by atoms with Crippen LogP contribution in [0.15, 0.2) is 12.4 Å². The van der Waals surface area contributed by atoms with E-state index in [-0.39, 0.29) is 6.10 Å². The number of rotatable bonds is 3. The second kappa shape index (κ2) is 4.77. The summed E-state index contributed by atoms with van der Waals surface area (Å²) in [5.41, 5.74) is 0.920. The predicted molar refractivity (Wildman–Crippen MR) is 56.6 cm³/mol. The van der Waals surface area contributed by atoms with E-state index in [1.165, 1.54) is 0 Å². The fraction of sp³-hybridized carbons (Fsp3) is 0.727. The third-order valence-corrected chi connectivity index (χ3v) is 2.96. The summed E-state index contributed by atoms with van der Waals surface area (Å²) in [6, 6.07) is 0.441. The second-order valence-electron chi connectivity index (χ2n) is 4.02. The van der Waals surface area contributed by atoms with Crippen molar-refractivity contribution in [1.82, 2.24) is 9.78 Å². The first-order valence-electron chi connectivity index (χ1n) is 5.61. The van der Waals surface area contributed by atoms with E-state index in [0.29, 0.717) is 6.04 Å². The Labute approximate surface area is 89.9 Å². The summed E-state index contributed by atoms with van der Waals surface area (Å²) < 4.78 is 7.28. The first-order chi connectivity index (χ1) is 7.31. The van der Waals surface area contributed by atoms with Gasteiger partial charge in [0.25, 0.3) is 0 Å². The molecule has 0 spiro atoms. The molecule has 1 saturated heterocycles. The Kier molecular flexibility index (Phi) is 3.38. The van der Waals surface area contributed by atoms with E-state index in [2.05, 4.69) is 5.10 Å². The zero-order chi connectivity index (χ0) is 10.7. The van der Waals surface area contributed by atoms with E-state index in [1.807, 2.05) is 17.8 Å². The van der Waals surface area contributed by atoms with E-state index in [4.69, 9.17) is 4.74 Å². The topological polar surface area (TPSA) is 47.3 Å². The Morgan fingerprint density at radius 3 is 3.00 bits per heavy atom. The molecule has 1 aromatic heterocycles. The Morgan fingerprint density at radius 1 is 1.60 bits per heavy atom. The fourth-order valence-corrected chi connectivity index (χ4v) is 1.91. The minimum atomic E-state index is -0.376. The number of ether oxygens (including phenoxy) is 1. The highest BCUT2D eigenvalue weighted by Gasteiger charge is 2.17. The number of aliphatic hydroxyl groups is 1. The highest BCUT2D eigenvalue weighted by Crippen LogP contribution is 2.22. The Bertz CT molecular complexity index is 305. The Balaban J connectivity index is 2.05. The molecular formula is C11H18N2O2. The second-order valence-corrected chi connectivity index (χ2v) is 4.02. The Hall–Kier alpha value is -0.870. The molecule has 1 aromatic rings. The van der Waals surface area contributed by atoms with Gasteiger partial charge in [-0.25, -0.2) is 0 Å². The maximum Gasteiger partial charge on any atom is 0.0817 e. The molecule has 15 heavy (non-hydrogen) atoms. The van der Waals surface area contributed by atoms with Crippen LogP contribution in [0.5, 0.6) is 0 Å². The van der Waals surface area contributed by atoms with Crippen molar-refractivity contribution in [3.05, 3.63) is 18.0 Å². The third-order valence-electron chi connectivity index (χ3n) is 2.96. The van der Waals surface area contributed by atoms with E-state index in [0.717, 1.165) is 38.0 Å². The zero-order valence-electron chi connectivity index (χ0n) is 9.09. The third kappa shape index (κ3) is 2.38. The lowest BCUT2D eigenvalue weighted by molar-refractivity contribution is 0.0661. The largest absolute Gasteiger partial charge is 0.388 e. The van der Waals surface area contributed by atoms with Crippen LogP contribution in [0.4, 0.5) is 0 Å². The summed E-state index contributed by atoms with van der Waals surface area (Å²) >= 11 is 0. The molecule has 1 fully saturated rings. The Morgan fingerprint density at radius 2 is 2.33 bits per heavy atom. The molecule has 0 radical (unpaired) electrons. The first kappa shape index (κ1) is 10.6. The van der Waals surface area contributed by atoms with Gasteiger partial charge >= 0.3 is 0 Å². The predicted octanol–water partition coefficient (Wildman–Crippen LogP) is 1.68. The summed E-state index contributed by atoms with van der Waals surface area (Å²) in [4.78, 5) is 0. The van der Waals surface area contributed by atoms with Gasteiger partial charge in [-0.15, -0.1) is 0 Å². The minimum Gasteiger partial charge on any atom is -0.388 e. The van der Waals surface area contributed by atoms with Gasteiger partial charge in [-0.1, -0.05) is 6.92 Å². The lowest BCUT2D eigenvalue weighted by atomic mass is 10.1. The molecule has 2 rings (SSSR count). The van der Waals surface area contributed by atoms with Crippen molar-refractivity contribution in [3.8, 4) is 0 Å². The smallest absolute Gasteiger partial charge is 0.0817 e. The molecule has 0 aliphatic carbocycles. The van der Waals surface area contributed by atoms with Crippen molar-refractivity contribution in [2.45, 2.75) is 38.3 Å². The minimum absolute atomic E-state index is 0.376. The van der Waals surface area contributed by atoms with Crippen molar-refractivity contribution >= 4 is 0 Å². The van der Waals surface area contributed by atoms with Gasteiger partial charge in [0.05, 0.1) is 18.3 Å². The molecular weight excluding hydrogens is 192 g/mol. The van der Waals surface area contributed by atoms with Crippen LogP contribution in [0, 0.1) is 0 Å². The molecule has 84 valence electrons. The van der Waals surface area contributed by atoms with Gasteiger partial charge in [-0.2, -0.15) is 5.10 Å². The maximum absolute atomic E-state index is 9.66. The standard InChI is InChI=1S/C11H18N2O2/c1-2-11(14)9-7-12-13(8-9)10-3-5-15-6-4-10/h7-8,10-11,14H,2-6H2,1H3. The number of hydrogen-bond acceptors (Lipinski definition) is 3. The van der Waals surface area contributed by atoms with Crippen LogP contribution in [-0.4, -0.2) is 28.1 Å². The van der Waals surface area contributed by atoms with E-state index in [9.17, 15) is 5.11 Å². The van der Waals surface area contributed by atoms with Gasteiger partial charge in [0.2, 0.25) is 0 Å². The summed E-state index contributed by atoms with van der Waals surface area (Å²) in [6.45, 7) is 3.60. The van der Waals surface area contributed by atoms with Crippen LogP contribution in [0.25, 0.3) is 0 Å². The van der Waals surface area contributed by atoms with Gasteiger partial charge in [0, 0.05) is 25.0 Å². The van der Waals surface area contributed by atoms with Crippen LogP contribution in [0.3, 0.4) is 0 Å². The highest BCUT2D eigenvalue weighted by molar-refractivity contribution is 5.08. The molecule has 4 heteroatoms. The van der Waals surface area contributed by atoms with Crippen molar-refractivity contribution in [2.24, 2.45) is 0 Å². The average molecular weight is 210 g/mol. The first-order valence-corrected chi connectivity index (χ1v) is 5.61. The van der Waals surface area contributed by atoms with Crippen molar-refractivity contribution < 1.29 is 9.84 Å². The van der Waals surface area contributed by atoms with Crippen LogP contribution < -0.4 is 0 Å². The highest BCUT2D eigenvalue weighted by atomic mass is 16.5. The molecule has 1 unspecified atom stereocenters. The van der Waals surface area contributed by atoms with Crippen molar-refractivity contribution in [2.75, 3.05) is 13.2 Å². The number of nitrogens with zero attached hydrogens (tertiary/aromatic N) is 2. The molecule has 0 aromatic carbocycles. The number of hydrogen-bond donors (Lipinski definition) is 1. The molecule has 1 N–H and O–H groups in total. The molecule has 1 atom stereocenters. The lowest BCUT2D eigenvalue weighted by Gasteiger charge is -2.22. The quantitative estimate of drug-likeness (QED) is 0.825. The normalized spacial score (nSPS) is 20.4. The molecule has 1 aliphatic heterocycles. The van der Waals surface area contributed by atoms with E-state index < -0.39 is 0 Å². The summed E-state index contributed by atoms with van der Waals surface area (Å²) in [7, 11) is 0. The fourth-order valence-electron chi connectivity index (χ4n) is 1.91. The molecule has 0 saturated carbocycles. The molecule has 4 nitrogen and oxygen atoms in total. The van der Waals surface area contributed by atoms with Gasteiger partial charge < -0.3 is 9.84 Å². The van der Waals surface area contributed by atoms with Crippen LogP contribution in [0.2, 0.25) is 0 Å². The van der Waals surface area contributed by atoms with Gasteiger partial charge in [-0.3, -0.25) is 4.68 Å². The molecule has 2 heterocycles. The average Bonchev–Trinajstić information content (AvgIpc) is 2.78.